The lowest BCUT2D eigenvalue weighted by atomic mass is 10.0. The summed E-state index contributed by atoms with van der Waals surface area (Å²) in [6.07, 6.45) is 5.87. The maximum atomic E-state index is 12.0. The molecule has 1 atom stereocenters. The van der Waals surface area contributed by atoms with Crippen LogP contribution in [0.25, 0.3) is 0 Å². The second-order valence-electron chi connectivity index (χ2n) is 7.26. The van der Waals surface area contributed by atoms with Gasteiger partial charge in [0.05, 0.1) is 0 Å². The predicted octanol–water partition coefficient (Wildman–Crippen LogP) is 3.80. The average Bonchev–Trinajstić information content (AvgIpc) is 2.83. The van der Waals surface area contributed by atoms with E-state index in [-0.39, 0.29) is 6.09 Å². The third-order valence-electron chi connectivity index (χ3n) is 3.91. The maximum Gasteiger partial charge on any atom is 0.410 e. The van der Waals surface area contributed by atoms with Gasteiger partial charge in [0.15, 0.2) is 0 Å². The molecular weight excluding hydrogens is 264 g/mol. The number of ether oxygens (including phenoxy) is 1. The molecule has 124 valence electrons. The summed E-state index contributed by atoms with van der Waals surface area (Å²) in [7, 11) is 0. The highest BCUT2D eigenvalue weighted by Gasteiger charge is 2.29. The van der Waals surface area contributed by atoms with Crippen LogP contribution < -0.4 is 5.32 Å². The monoisotopic (exact) mass is 298 g/mol. The SMILES string of the molecule is CCCC(CCC)NCC1CCN(C(=O)OC(C)(C)C)C1. The zero-order valence-electron chi connectivity index (χ0n) is 14.6. The molecule has 0 spiro atoms. The first-order chi connectivity index (χ1) is 9.85. The second kappa shape index (κ2) is 8.62. The first-order valence-electron chi connectivity index (χ1n) is 8.57. The highest BCUT2D eigenvalue weighted by molar-refractivity contribution is 5.68. The zero-order chi connectivity index (χ0) is 15.9. The van der Waals surface area contributed by atoms with Gasteiger partial charge in [-0.3, -0.25) is 0 Å². The summed E-state index contributed by atoms with van der Waals surface area (Å²) in [6.45, 7) is 12.9. The van der Waals surface area contributed by atoms with Gasteiger partial charge in [-0.1, -0.05) is 26.7 Å². The topological polar surface area (TPSA) is 41.6 Å². The van der Waals surface area contributed by atoms with Crippen LogP contribution in [0, 0.1) is 5.92 Å². The van der Waals surface area contributed by atoms with Gasteiger partial charge in [-0.15, -0.1) is 0 Å². The van der Waals surface area contributed by atoms with Crippen LogP contribution in [-0.2, 0) is 4.74 Å². The van der Waals surface area contributed by atoms with Crippen LogP contribution >= 0.6 is 0 Å². The minimum atomic E-state index is -0.402. The Morgan fingerprint density at radius 3 is 2.43 bits per heavy atom. The first kappa shape index (κ1) is 18.3. The van der Waals surface area contributed by atoms with Gasteiger partial charge in [0.25, 0.3) is 0 Å². The number of hydrogen-bond acceptors (Lipinski definition) is 3. The fourth-order valence-corrected chi connectivity index (χ4v) is 2.87. The van der Waals surface area contributed by atoms with Gasteiger partial charge in [-0.05, 0) is 52.5 Å². The average molecular weight is 298 g/mol. The van der Waals surface area contributed by atoms with Crippen LogP contribution in [-0.4, -0.2) is 42.3 Å². The minimum absolute atomic E-state index is 0.163. The fraction of sp³-hybridized carbons (Fsp3) is 0.941. The Kier molecular flexibility index (Phi) is 7.50. The molecule has 1 N–H and O–H groups in total. The van der Waals surface area contributed by atoms with Crippen LogP contribution in [0.5, 0.6) is 0 Å². The van der Waals surface area contributed by atoms with E-state index in [4.69, 9.17) is 4.74 Å². The molecule has 1 amide bonds. The highest BCUT2D eigenvalue weighted by Crippen LogP contribution is 2.19. The summed E-state index contributed by atoms with van der Waals surface area (Å²) in [4.78, 5) is 13.9. The Bertz CT molecular complexity index is 306. The Morgan fingerprint density at radius 2 is 1.90 bits per heavy atom. The molecule has 0 aromatic rings. The van der Waals surface area contributed by atoms with E-state index < -0.39 is 5.60 Å². The van der Waals surface area contributed by atoms with Crippen LogP contribution in [0.2, 0.25) is 0 Å². The van der Waals surface area contributed by atoms with Crippen molar-refractivity contribution in [2.24, 2.45) is 5.92 Å². The van der Waals surface area contributed by atoms with Crippen molar-refractivity contribution in [3.8, 4) is 0 Å². The Labute approximate surface area is 130 Å². The molecule has 1 saturated heterocycles. The number of rotatable bonds is 7. The Balaban J connectivity index is 2.32. The van der Waals surface area contributed by atoms with Crippen molar-refractivity contribution in [1.29, 1.82) is 0 Å². The van der Waals surface area contributed by atoms with Crippen LogP contribution in [0.15, 0.2) is 0 Å². The van der Waals surface area contributed by atoms with Crippen molar-refractivity contribution in [1.82, 2.24) is 10.2 Å². The standard InChI is InChI=1S/C17H34N2O2/c1-6-8-15(9-7-2)18-12-14-10-11-19(13-14)16(20)21-17(3,4)5/h14-15,18H,6-13H2,1-5H3. The van der Waals surface area contributed by atoms with E-state index in [2.05, 4.69) is 19.2 Å². The van der Waals surface area contributed by atoms with Crippen LogP contribution in [0.1, 0.15) is 66.7 Å². The van der Waals surface area contributed by atoms with E-state index in [0.29, 0.717) is 12.0 Å². The third-order valence-corrected chi connectivity index (χ3v) is 3.91. The van der Waals surface area contributed by atoms with Crippen LogP contribution in [0.3, 0.4) is 0 Å². The molecule has 1 heterocycles. The summed E-state index contributed by atoms with van der Waals surface area (Å²) < 4.78 is 5.44. The lowest BCUT2D eigenvalue weighted by Gasteiger charge is -2.24. The fourth-order valence-electron chi connectivity index (χ4n) is 2.87. The number of hydrogen-bond donors (Lipinski definition) is 1. The Hall–Kier alpha value is -0.770. The van der Waals surface area contributed by atoms with Crippen molar-refractivity contribution in [2.75, 3.05) is 19.6 Å². The molecule has 1 fully saturated rings. The molecule has 21 heavy (non-hydrogen) atoms. The number of amides is 1. The van der Waals surface area contributed by atoms with Crippen LogP contribution in [0.4, 0.5) is 4.79 Å². The molecule has 1 aliphatic rings. The molecule has 0 aromatic heterocycles. The van der Waals surface area contributed by atoms with E-state index in [9.17, 15) is 4.79 Å². The minimum Gasteiger partial charge on any atom is -0.444 e. The van der Waals surface area contributed by atoms with Gasteiger partial charge in [0.1, 0.15) is 5.60 Å². The van der Waals surface area contributed by atoms with Crippen molar-refractivity contribution in [2.45, 2.75) is 78.4 Å². The summed E-state index contributed by atoms with van der Waals surface area (Å²) in [5.41, 5.74) is -0.402. The van der Waals surface area contributed by atoms with Gasteiger partial charge in [0.2, 0.25) is 0 Å². The predicted molar refractivity (Wildman–Crippen MR) is 87.5 cm³/mol. The van der Waals surface area contributed by atoms with Crippen molar-refractivity contribution >= 4 is 6.09 Å². The molecule has 0 radical (unpaired) electrons. The van der Waals surface area contributed by atoms with E-state index in [1.807, 2.05) is 25.7 Å². The molecular formula is C17H34N2O2. The Morgan fingerprint density at radius 1 is 1.29 bits per heavy atom. The van der Waals surface area contributed by atoms with Gasteiger partial charge < -0.3 is 15.0 Å². The summed E-state index contributed by atoms with van der Waals surface area (Å²) >= 11 is 0. The summed E-state index contributed by atoms with van der Waals surface area (Å²) in [5.74, 6) is 0.564. The molecule has 1 rings (SSSR count). The number of likely N-dealkylation sites (tertiary alicyclic amines) is 1. The quantitative estimate of drug-likeness (QED) is 0.777. The second-order valence-corrected chi connectivity index (χ2v) is 7.26. The normalized spacial score (nSPS) is 19.3. The van der Waals surface area contributed by atoms with E-state index in [1.54, 1.807) is 0 Å². The molecule has 1 unspecified atom stereocenters. The number of carbonyl (C=O) groups excluding carboxylic acids is 1. The number of nitrogens with one attached hydrogen (secondary N) is 1. The van der Waals surface area contributed by atoms with Crippen molar-refractivity contribution < 1.29 is 9.53 Å². The lowest BCUT2D eigenvalue weighted by molar-refractivity contribution is 0.0288. The first-order valence-corrected chi connectivity index (χ1v) is 8.57. The molecule has 0 aromatic carbocycles. The molecule has 1 aliphatic heterocycles. The number of nitrogens with zero attached hydrogens (tertiary/aromatic N) is 1. The van der Waals surface area contributed by atoms with E-state index in [1.165, 1.54) is 25.7 Å². The highest BCUT2D eigenvalue weighted by atomic mass is 16.6. The van der Waals surface area contributed by atoms with Gasteiger partial charge >= 0.3 is 6.09 Å². The van der Waals surface area contributed by atoms with Crippen molar-refractivity contribution in [3.05, 3.63) is 0 Å². The summed E-state index contributed by atoms with van der Waals surface area (Å²) in [5, 5.41) is 3.69. The molecule has 0 saturated carbocycles. The lowest BCUT2D eigenvalue weighted by Crippen LogP contribution is -2.37. The molecule has 4 heteroatoms. The zero-order valence-corrected chi connectivity index (χ0v) is 14.6. The smallest absolute Gasteiger partial charge is 0.410 e. The molecule has 0 aliphatic carbocycles. The van der Waals surface area contributed by atoms with E-state index in [0.717, 1.165) is 26.1 Å². The molecule has 4 nitrogen and oxygen atoms in total. The van der Waals surface area contributed by atoms with Gasteiger partial charge in [0, 0.05) is 19.1 Å². The largest absolute Gasteiger partial charge is 0.444 e. The van der Waals surface area contributed by atoms with Gasteiger partial charge in [-0.25, -0.2) is 4.79 Å². The summed E-state index contributed by atoms with van der Waals surface area (Å²) in [6, 6.07) is 0.635. The van der Waals surface area contributed by atoms with Crippen molar-refractivity contribution in [3.63, 3.8) is 0 Å². The number of carbonyl (C=O) groups is 1. The molecule has 0 bridgehead atoms. The third kappa shape index (κ3) is 7.16. The van der Waals surface area contributed by atoms with E-state index >= 15 is 0 Å². The maximum absolute atomic E-state index is 12.0. The van der Waals surface area contributed by atoms with Gasteiger partial charge in [-0.2, -0.15) is 0 Å².